The molecule has 14 heteroatoms. The summed E-state index contributed by atoms with van der Waals surface area (Å²) in [5, 5.41) is 7.55. The summed E-state index contributed by atoms with van der Waals surface area (Å²) >= 11 is 0. The van der Waals surface area contributed by atoms with Gasteiger partial charge in [0, 0.05) is 19.6 Å². The fraction of sp³-hybridized carbons (Fsp3) is 0.680. The molecular weight excluding hydrogens is 513 g/mol. The summed E-state index contributed by atoms with van der Waals surface area (Å²) in [4.78, 5) is 79.4. The van der Waals surface area contributed by atoms with Crippen molar-refractivity contribution in [3.63, 3.8) is 0 Å². The molecule has 218 valence electrons. The van der Waals surface area contributed by atoms with Gasteiger partial charge in [-0.2, -0.15) is 4.39 Å². The first-order valence-electron chi connectivity index (χ1n) is 13.3. The molecule has 2 rings (SSSR count). The van der Waals surface area contributed by atoms with E-state index in [1.54, 1.807) is 23.7 Å². The number of nitrogens with one attached hydrogen (secondary N) is 5. The summed E-state index contributed by atoms with van der Waals surface area (Å²) in [6, 6.07) is -3.11. The molecule has 0 bridgehead atoms. The van der Waals surface area contributed by atoms with E-state index < -0.39 is 65.2 Å². The number of likely N-dealkylation sites (tertiary alicyclic amines) is 1. The van der Waals surface area contributed by atoms with Gasteiger partial charge in [-0.3, -0.25) is 29.0 Å². The van der Waals surface area contributed by atoms with Gasteiger partial charge in [0.15, 0.2) is 0 Å². The summed E-state index contributed by atoms with van der Waals surface area (Å²) in [7, 11) is 0. The third kappa shape index (κ3) is 9.30. The molecule has 0 aromatic carbocycles. The van der Waals surface area contributed by atoms with Gasteiger partial charge in [-0.15, -0.1) is 0 Å². The van der Waals surface area contributed by atoms with Crippen LogP contribution in [0, 0.1) is 17.7 Å². The lowest BCUT2D eigenvalue weighted by atomic mass is 9.99. The van der Waals surface area contributed by atoms with E-state index in [1.165, 1.54) is 0 Å². The number of aromatic nitrogens is 2. The van der Waals surface area contributed by atoms with Crippen LogP contribution in [0.25, 0.3) is 0 Å². The van der Waals surface area contributed by atoms with Crippen molar-refractivity contribution in [3.05, 3.63) is 32.3 Å². The normalized spacial score (nSPS) is 16.3. The lowest BCUT2D eigenvalue weighted by Crippen LogP contribution is -2.59. The number of carbonyl (C=O) groups is 4. The summed E-state index contributed by atoms with van der Waals surface area (Å²) in [5.74, 6) is -4.32. The molecule has 0 aliphatic carbocycles. The Morgan fingerprint density at radius 3 is 2.13 bits per heavy atom. The number of aromatic amines is 2. The minimum atomic E-state index is -1.49. The number of halogens is 1. The van der Waals surface area contributed by atoms with Crippen molar-refractivity contribution in [1.82, 2.24) is 30.8 Å². The fourth-order valence-corrected chi connectivity index (χ4v) is 4.27. The van der Waals surface area contributed by atoms with Crippen molar-refractivity contribution in [2.75, 3.05) is 19.6 Å². The highest BCUT2D eigenvalue weighted by Gasteiger charge is 2.32. The van der Waals surface area contributed by atoms with Crippen molar-refractivity contribution < 1.29 is 23.6 Å². The maximum atomic E-state index is 13.9. The van der Waals surface area contributed by atoms with Gasteiger partial charge in [0.2, 0.25) is 23.5 Å². The van der Waals surface area contributed by atoms with Gasteiger partial charge in [-0.25, -0.2) is 4.79 Å². The van der Waals surface area contributed by atoms with E-state index in [4.69, 9.17) is 5.73 Å². The Labute approximate surface area is 225 Å². The largest absolute Gasteiger partial charge is 0.349 e. The maximum absolute atomic E-state index is 13.9. The quantitative estimate of drug-likeness (QED) is 0.209. The van der Waals surface area contributed by atoms with E-state index >= 15 is 0 Å². The number of rotatable bonds is 11. The van der Waals surface area contributed by atoms with Crippen molar-refractivity contribution >= 4 is 23.6 Å². The average Bonchev–Trinajstić information content (AvgIpc) is 3.15. The molecule has 3 atom stereocenters. The highest BCUT2D eigenvalue weighted by Crippen LogP contribution is 2.15. The van der Waals surface area contributed by atoms with Gasteiger partial charge in [0.25, 0.3) is 11.5 Å². The standard InChI is InChI=1S/C25H40FN7O6/c1-13(2)11-16(24(38)33-9-7-5-6-8-10-33)29-23(37)18(14(3)4)30-20(34)15(27)12-28-22(36)19-17(26)21(35)32-25(39)31-19/h13-16,18H,5-12,27H2,1-4H3,(H,28,36)(H,29,37)(H,30,34)(H2,31,32,35,39)/t15-,16-,18-/m0/s1. The molecule has 2 heterocycles. The van der Waals surface area contributed by atoms with Crippen molar-refractivity contribution in [2.24, 2.45) is 17.6 Å². The molecular formula is C25H40FN7O6. The molecule has 1 aromatic rings. The number of carbonyl (C=O) groups excluding carboxylic acids is 4. The molecule has 1 saturated heterocycles. The van der Waals surface area contributed by atoms with Crippen LogP contribution >= 0.6 is 0 Å². The highest BCUT2D eigenvalue weighted by molar-refractivity contribution is 5.94. The summed E-state index contributed by atoms with van der Waals surface area (Å²) in [6.45, 7) is 8.16. The van der Waals surface area contributed by atoms with Crippen LogP contribution in [0.2, 0.25) is 0 Å². The molecule has 0 radical (unpaired) electrons. The minimum Gasteiger partial charge on any atom is -0.349 e. The average molecular weight is 554 g/mol. The van der Waals surface area contributed by atoms with E-state index in [9.17, 15) is 33.2 Å². The molecule has 1 aliphatic heterocycles. The second kappa shape index (κ2) is 14.6. The Morgan fingerprint density at radius 1 is 0.949 bits per heavy atom. The van der Waals surface area contributed by atoms with Crippen LogP contribution in [0.15, 0.2) is 9.59 Å². The van der Waals surface area contributed by atoms with Crippen molar-refractivity contribution in [3.8, 4) is 0 Å². The van der Waals surface area contributed by atoms with E-state index in [2.05, 4.69) is 16.0 Å². The second-order valence-electron chi connectivity index (χ2n) is 10.6. The molecule has 0 unspecified atom stereocenters. The number of hydrogen-bond donors (Lipinski definition) is 6. The third-order valence-electron chi connectivity index (χ3n) is 6.42. The molecule has 1 aromatic heterocycles. The lowest BCUT2D eigenvalue weighted by molar-refractivity contribution is -0.138. The van der Waals surface area contributed by atoms with Crippen LogP contribution < -0.4 is 32.9 Å². The Kier molecular flexibility index (Phi) is 11.8. The predicted molar refractivity (Wildman–Crippen MR) is 141 cm³/mol. The lowest BCUT2D eigenvalue weighted by Gasteiger charge is -2.30. The van der Waals surface area contributed by atoms with Gasteiger partial charge in [-0.05, 0) is 31.1 Å². The van der Waals surface area contributed by atoms with E-state index in [1.807, 2.05) is 18.8 Å². The molecule has 0 saturated carbocycles. The monoisotopic (exact) mass is 553 g/mol. The zero-order chi connectivity index (χ0) is 29.3. The SMILES string of the molecule is CC(C)C[C@H](NC(=O)[C@@H](NC(=O)[C@@H](N)CNC(=O)c1[nH]c(=O)[nH]c(=O)c1F)C(C)C)C(=O)N1CCCCCC1. The number of nitrogens with zero attached hydrogens (tertiary/aromatic N) is 1. The van der Waals surface area contributed by atoms with Gasteiger partial charge in [0.05, 0.1) is 0 Å². The van der Waals surface area contributed by atoms with E-state index in [-0.39, 0.29) is 17.7 Å². The van der Waals surface area contributed by atoms with Gasteiger partial charge in [0.1, 0.15) is 23.8 Å². The van der Waals surface area contributed by atoms with Crippen molar-refractivity contribution in [1.29, 1.82) is 0 Å². The Bertz CT molecular complexity index is 1140. The fourth-order valence-electron chi connectivity index (χ4n) is 4.27. The zero-order valence-electron chi connectivity index (χ0n) is 22.9. The first-order valence-corrected chi connectivity index (χ1v) is 13.3. The Morgan fingerprint density at radius 2 is 1.56 bits per heavy atom. The van der Waals surface area contributed by atoms with Crippen LogP contribution in [-0.4, -0.2) is 76.3 Å². The Balaban J connectivity index is 2.04. The topological polar surface area (TPSA) is 199 Å². The number of H-pyrrole nitrogens is 2. The van der Waals surface area contributed by atoms with Crippen molar-refractivity contribution in [2.45, 2.75) is 77.9 Å². The molecule has 39 heavy (non-hydrogen) atoms. The third-order valence-corrected chi connectivity index (χ3v) is 6.42. The van der Waals surface area contributed by atoms with E-state index in [0.717, 1.165) is 25.7 Å². The maximum Gasteiger partial charge on any atom is 0.326 e. The van der Waals surface area contributed by atoms with Gasteiger partial charge in [-0.1, -0.05) is 40.5 Å². The van der Waals surface area contributed by atoms with Crippen LogP contribution in [0.5, 0.6) is 0 Å². The number of hydrogen-bond acceptors (Lipinski definition) is 7. The first kappa shape index (κ1) is 31.7. The molecule has 1 fully saturated rings. The highest BCUT2D eigenvalue weighted by atomic mass is 19.1. The number of amides is 4. The molecule has 13 nitrogen and oxygen atoms in total. The van der Waals surface area contributed by atoms with E-state index in [0.29, 0.717) is 19.5 Å². The minimum absolute atomic E-state index is 0.135. The molecule has 0 spiro atoms. The number of nitrogens with two attached hydrogens (primary N) is 1. The molecule has 4 amide bonds. The summed E-state index contributed by atoms with van der Waals surface area (Å²) in [5.41, 5.74) is 2.51. The molecule has 7 N–H and O–H groups in total. The van der Waals surface area contributed by atoms with Crippen LogP contribution in [-0.2, 0) is 14.4 Å². The smallest absolute Gasteiger partial charge is 0.326 e. The predicted octanol–water partition coefficient (Wildman–Crippen LogP) is -0.666. The zero-order valence-corrected chi connectivity index (χ0v) is 22.9. The van der Waals surface area contributed by atoms with Gasteiger partial charge < -0.3 is 31.6 Å². The van der Waals surface area contributed by atoms with Gasteiger partial charge >= 0.3 is 5.69 Å². The van der Waals surface area contributed by atoms with Crippen LogP contribution in [0.1, 0.15) is 70.3 Å². The first-order chi connectivity index (χ1) is 18.3. The Hall–Kier alpha value is -3.55. The second-order valence-corrected chi connectivity index (χ2v) is 10.6. The summed E-state index contributed by atoms with van der Waals surface area (Å²) < 4.78 is 13.9. The molecule has 1 aliphatic rings. The van der Waals surface area contributed by atoms with Crippen LogP contribution in [0.3, 0.4) is 0 Å². The van der Waals surface area contributed by atoms with Crippen LogP contribution in [0.4, 0.5) is 4.39 Å². The summed E-state index contributed by atoms with van der Waals surface area (Å²) in [6.07, 6.45) is 4.38.